The largest absolute Gasteiger partial charge is 0.376 e. The van der Waals surface area contributed by atoms with Gasteiger partial charge in [0.1, 0.15) is 11.5 Å². The highest BCUT2D eigenvalue weighted by Gasteiger charge is 2.20. The Bertz CT molecular complexity index is 929. The highest BCUT2D eigenvalue weighted by molar-refractivity contribution is 5.98. The number of nitrogens with one attached hydrogen (secondary N) is 1. The van der Waals surface area contributed by atoms with Crippen molar-refractivity contribution in [3.05, 3.63) is 71.7 Å². The molecule has 3 aromatic rings. The lowest BCUT2D eigenvalue weighted by atomic mass is 10.2. The van der Waals surface area contributed by atoms with Crippen LogP contribution >= 0.6 is 0 Å². The minimum absolute atomic E-state index is 0.0864. The van der Waals surface area contributed by atoms with Gasteiger partial charge in [-0.25, -0.2) is 4.39 Å². The van der Waals surface area contributed by atoms with Gasteiger partial charge in [0.15, 0.2) is 0 Å². The summed E-state index contributed by atoms with van der Waals surface area (Å²) in [5, 5.41) is 3.93. The third-order valence-corrected chi connectivity index (χ3v) is 4.84. The van der Waals surface area contributed by atoms with Gasteiger partial charge in [-0.1, -0.05) is 36.4 Å². The fourth-order valence-electron chi connectivity index (χ4n) is 3.47. The highest BCUT2D eigenvalue weighted by Crippen LogP contribution is 2.22. The number of amides is 1. The highest BCUT2D eigenvalue weighted by atomic mass is 19.1. The summed E-state index contributed by atoms with van der Waals surface area (Å²) in [5.74, 6) is -0.427. The molecule has 26 heavy (non-hydrogen) atoms. The van der Waals surface area contributed by atoms with E-state index in [-0.39, 0.29) is 17.8 Å². The first kappa shape index (κ1) is 16.8. The van der Waals surface area contributed by atoms with Crippen LogP contribution in [0, 0.1) is 5.82 Å². The lowest BCUT2D eigenvalue weighted by Crippen LogP contribution is -2.33. The monoisotopic (exact) mass is 352 g/mol. The SMILES string of the molecule is O=C(NCC1CCCO1)c1cc2ccccc2n1Cc1ccccc1F. The van der Waals surface area contributed by atoms with Gasteiger partial charge in [0.25, 0.3) is 5.91 Å². The van der Waals surface area contributed by atoms with E-state index in [4.69, 9.17) is 4.74 Å². The molecule has 0 spiro atoms. The molecule has 1 amide bonds. The van der Waals surface area contributed by atoms with Crippen molar-refractivity contribution in [3.8, 4) is 0 Å². The number of halogens is 1. The Kier molecular flexibility index (Phi) is 4.71. The molecule has 1 aliphatic heterocycles. The number of para-hydroxylation sites is 1. The molecule has 0 saturated carbocycles. The molecule has 1 saturated heterocycles. The molecule has 2 heterocycles. The van der Waals surface area contributed by atoms with Crippen molar-refractivity contribution in [2.75, 3.05) is 13.2 Å². The van der Waals surface area contributed by atoms with Crippen LogP contribution in [0.15, 0.2) is 54.6 Å². The van der Waals surface area contributed by atoms with Crippen LogP contribution in [-0.4, -0.2) is 29.7 Å². The van der Waals surface area contributed by atoms with Crippen LogP contribution in [0.1, 0.15) is 28.9 Å². The predicted molar refractivity (Wildman–Crippen MR) is 98.7 cm³/mol. The maximum Gasteiger partial charge on any atom is 0.268 e. The first-order chi connectivity index (χ1) is 12.7. The number of fused-ring (bicyclic) bond motifs is 1. The van der Waals surface area contributed by atoms with Gasteiger partial charge in [0, 0.05) is 29.6 Å². The molecule has 134 valence electrons. The lowest BCUT2D eigenvalue weighted by molar-refractivity contribution is 0.0851. The second kappa shape index (κ2) is 7.30. The van der Waals surface area contributed by atoms with E-state index < -0.39 is 0 Å². The van der Waals surface area contributed by atoms with Crippen molar-refractivity contribution < 1.29 is 13.9 Å². The Hall–Kier alpha value is -2.66. The minimum Gasteiger partial charge on any atom is -0.376 e. The number of ether oxygens (including phenoxy) is 1. The summed E-state index contributed by atoms with van der Waals surface area (Å²) in [6.45, 7) is 1.57. The van der Waals surface area contributed by atoms with Gasteiger partial charge in [-0.2, -0.15) is 0 Å². The summed E-state index contributed by atoms with van der Waals surface area (Å²) in [6, 6.07) is 16.3. The summed E-state index contributed by atoms with van der Waals surface area (Å²) >= 11 is 0. The zero-order valence-electron chi connectivity index (χ0n) is 14.5. The molecule has 1 N–H and O–H groups in total. The van der Waals surface area contributed by atoms with Gasteiger partial charge >= 0.3 is 0 Å². The number of benzene rings is 2. The number of hydrogen-bond acceptors (Lipinski definition) is 2. The van der Waals surface area contributed by atoms with Crippen LogP contribution in [0.25, 0.3) is 10.9 Å². The fourth-order valence-corrected chi connectivity index (χ4v) is 3.47. The van der Waals surface area contributed by atoms with Crippen molar-refractivity contribution in [2.24, 2.45) is 0 Å². The van der Waals surface area contributed by atoms with Gasteiger partial charge in [-0.05, 0) is 31.0 Å². The Morgan fingerprint density at radius 1 is 1.19 bits per heavy atom. The van der Waals surface area contributed by atoms with E-state index in [1.165, 1.54) is 6.07 Å². The van der Waals surface area contributed by atoms with Crippen LogP contribution in [-0.2, 0) is 11.3 Å². The Labute approximate surface area is 151 Å². The third-order valence-electron chi connectivity index (χ3n) is 4.84. The van der Waals surface area contributed by atoms with Crippen LogP contribution in [0.3, 0.4) is 0 Å². The van der Waals surface area contributed by atoms with E-state index >= 15 is 0 Å². The molecule has 0 bridgehead atoms. The summed E-state index contributed by atoms with van der Waals surface area (Å²) in [5.41, 5.74) is 2.01. The third kappa shape index (κ3) is 3.35. The van der Waals surface area contributed by atoms with E-state index in [0.717, 1.165) is 30.4 Å². The second-order valence-corrected chi connectivity index (χ2v) is 6.61. The number of carbonyl (C=O) groups excluding carboxylic acids is 1. The number of nitrogens with zero attached hydrogens (tertiary/aromatic N) is 1. The van der Waals surface area contributed by atoms with Crippen molar-refractivity contribution in [2.45, 2.75) is 25.5 Å². The number of rotatable bonds is 5. The Morgan fingerprint density at radius 2 is 2.00 bits per heavy atom. The van der Waals surface area contributed by atoms with E-state index in [9.17, 15) is 9.18 Å². The van der Waals surface area contributed by atoms with Crippen molar-refractivity contribution in [1.29, 1.82) is 0 Å². The van der Waals surface area contributed by atoms with Crippen LogP contribution < -0.4 is 5.32 Å². The molecule has 2 aromatic carbocycles. The average molecular weight is 352 g/mol. The number of hydrogen-bond donors (Lipinski definition) is 1. The maximum atomic E-state index is 14.1. The number of aromatic nitrogens is 1. The molecular weight excluding hydrogens is 331 g/mol. The molecule has 4 rings (SSSR count). The molecular formula is C21H21FN2O2. The Balaban J connectivity index is 1.65. The van der Waals surface area contributed by atoms with E-state index in [1.54, 1.807) is 18.2 Å². The molecule has 4 nitrogen and oxygen atoms in total. The normalized spacial score (nSPS) is 16.9. The standard InChI is InChI=1S/C21H21FN2O2/c22-18-9-3-1-7-16(18)14-24-19-10-4-2-6-15(19)12-20(24)21(25)23-13-17-8-5-11-26-17/h1-4,6-7,9-10,12,17H,5,8,11,13-14H2,(H,23,25). The molecule has 0 radical (unpaired) electrons. The average Bonchev–Trinajstić information content (AvgIpc) is 3.30. The molecule has 1 fully saturated rings. The predicted octanol–water partition coefficient (Wildman–Crippen LogP) is 3.74. The topological polar surface area (TPSA) is 43.3 Å². The lowest BCUT2D eigenvalue weighted by Gasteiger charge is -2.14. The van der Waals surface area contributed by atoms with Crippen LogP contribution in [0.5, 0.6) is 0 Å². The van der Waals surface area contributed by atoms with Gasteiger partial charge in [-0.15, -0.1) is 0 Å². The molecule has 0 aliphatic carbocycles. The molecule has 5 heteroatoms. The van der Waals surface area contributed by atoms with E-state index in [0.29, 0.717) is 24.3 Å². The van der Waals surface area contributed by atoms with Gasteiger partial charge in [0.05, 0.1) is 12.6 Å². The van der Waals surface area contributed by atoms with Gasteiger partial charge in [0.2, 0.25) is 0 Å². The molecule has 1 atom stereocenters. The van der Waals surface area contributed by atoms with Crippen molar-refractivity contribution >= 4 is 16.8 Å². The van der Waals surface area contributed by atoms with Gasteiger partial charge < -0.3 is 14.6 Å². The van der Waals surface area contributed by atoms with Gasteiger partial charge in [-0.3, -0.25) is 4.79 Å². The fraction of sp³-hybridized carbons (Fsp3) is 0.286. The maximum absolute atomic E-state index is 14.1. The zero-order valence-corrected chi connectivity index (χ0v) is 14.5. The summed E-state index contributed by atoms with van der Waals surface area (Å²) < 4.78 is 21.6. The summed E-state index contributed by atoms with van der Waals surface area (Å²) in [7, 11) is 0. The second-order valence-electron chi connectivity index (χ2n) is 6.61. The molecule has 1 aromatic heterocycles. The minimum atomic E-state index is -0.268. The smallest absolute Gasteiger partial charge is 0.268 e. The van der Waals surface area contributed by atoms with E-state index in [2.05, 4.69) is 5.32 Å². The van der Waals surface area contributed by atoms with Crippen molar-refractivity contribution in [3.63, 3.8) is 0 Å². The quantitative estimate of drug-likeness (QED) is 0.760. The van der Waals surface area contributed by atoms with Crippen LogP contribution in [0.4, 0.5) is 4.39 Å². The van der Waals surface area contributed by atoms with E-state index in [1.807, 2.05) is 34.9 Å². The van der Waals surface area contributed by atoms with Crippen LogP contribution in [0.2, 0.25) is 0 Å². The Morgan fingerprint density at radius 3 is 2.81 bits per heavy atom. The summed E-state index contributed by atoms with van der Waals surface area (Å²) in [6.07, 6.45) is 2.09. The first-order valence-corrected chi connectivity index (χ1v) is 8.94. The zero-order chi connectivity index (χ0) is 17.9. The van der Waals surface area contributed by atoms with Crippen molar-refractivity contribution in [1.82, 2.24) is 9.88 Å². The number of carbonyl (C=O) groups is 1. The first-order valence-electron chi connectivity index (χ1n) is 8.94. The summed E-state index contributed by atoms with van der Waals surface area (Å²) in [4.78, 5) is 12.8. The molecule has 1 aliphatic rings. The molecule has 1 unspecified atom stereocenters.